The van der Waals surface area contributed by atoms with Gasteiger partial charge in [-0.25, -0.2) is 8.78 Å². The van der Waals surface area contributed by atoms with E-state index in [0.29, 0.717) is 22.0 Å². The molecule has 2 aromatic heterocycles. The highest BCUT2D eigenvalue weighted by Crippen LogP contribution is 2.32. The molecule has 32 heavy (non-hydrogen) atoms. The summed E-state index contributed by atoms with van der Waals surface area (Å²) in [5.41, 5.74) is 1.99. The molecule has 0 atom stereocenters. The molecule has 1 saturated heterocycles. The lowest BCUT2D eigenvalue weighted by molar-refractivity contribution is 0.0892. The number of alkyl halides is 2. The molecular formula is C23H30F2N6O. The fourth-order valence-corrected chi connectivity index (χ4v) is 4.44. The zero-order valence-electron chi connectivity index (χ0n) is 19.0. The van der Waals surface area contributed by atoms with Gasteiger partial charge in [-0.15, -0.1) is 0 Å². The first-order valence-corrected chi connectivity index (χ1v) is 10.9. The fraction of sp³-hybridized carbons (Fsp3) is 0.522. The van der Waals surface area contributed by atoms with Gasteiger partial charge in [-0.2, -0.15) is 10.2 Å². The Kier molecular flexibility index (Phi) is 6.03. The predicted octanol–water partition coefficient (Wildman–Crippen LogP) is 4.14. The summed E-state index contributed by atoms with van der Waals surface area (Å²) in [6, 6.07) is 5.30. The molecule has 0 radical (unpaired) electrons. The molecule has 0 aliphatic carbocycles. The lowest BCUT2D eigenvalue weighted by atomic mass is 9.94. The molecule has 0 unspecified atom stereocenters. The third-order valence-electron chi connectivity index (χ3n) is 5.90. The van der Waals surface area contributed by atoms with Crippen LogP contribution in [0.5, 0.6) is 0 Å². The van der Waals surface area contributed by atoms with Crippen molar-refractivity contribution in [3.63, 3.8) is 0 Å². The number of benzene rings is 1. The molecule has 9 heteroatoms. The van der Waals surface area contributed by atoms with Crippen LogP contribution in [-0.4, -0.2) is 56.5 Å². The Balaban J connectivity index is 1.51. The molecule has 4 rings (SSSR count). The number of H-pyrrole nitrogens is 1. The molecule has 1 fully saturated rings. The van der Waals surface area contributed by atoms with Crippen LogP contribution in [-0.2, 0) is 7.05 Å². The second-order valence-corrected chi connectivity index (χ2v) is 9.78. The minimum atomic E-state index is -2.65. The molecule has 0 bridgehead atoms. The van der Waals surface area contributed by atoms with Crippen LogP contribution in [0.15, 0.2) is 24.4 Å². The third-order valence-corrected chi connectivity index (χ3v) is 5.90. The molecule has 2 N–H and O–H groups in total. The number of fused-ring (bicyclic) bond motifs is 1. The van der Waals surface area contributed by atoms with E-state index in [-0.39, 0.29) is 28.8 Å². The number of hydrogen-bond donors (Lipinski definition) is 2. The number of aryl methyl sites for hydroxylation is 1. The van der Waals surface area contributed by atoms with Gasteiger partial charge in [0.05, 0.1) is 11.7 Å². The minimum Gasteiger partial charge on any atom is -0.348 e. The van der Waals surface area contributed by atoms with E-state index in [9.17, 15) is 13.6 Å². The first kappa shape index (κ1) is 22.4. The summed E-state index contributed by atoms with van der Waals surface area (Å²) in [4.78, 5) is 15.4. The first-order valence-electron chi connectivity index (χ1n) is 10.9. The van der Waals surface area contributed by atoms with Crippen molar-refractivity contribution in [2.75, 3.05) is 19.6 Å². The number of hydrogen-bond acceptors (Lipinski definition) is 4. The molecule has 172 valence electrons. The van der Waals surface area contributed by atoms with Gasteiger partial charge in [0.15, 0.2) is 5.69 Å². The van der Waals surface area contributed by atoms with Crippen LogP contribution in [0.1, 0.15) is 56.2 Å². The van der Waals surface area contributed by atoms with Crippen LogP contribution in [0.3, 0.4) is 0 Å². The van der Waals surface area contributed by atoms with Crippen molar-refractivity contribution in [1.82, 2.24) is 30.2 Å². The minimum absolute atomic E-state index is 0.0948. The molecule has 0 spiro atoms. The number of amides is 1. The smallest absolute Gasteiger partial charge is 0.280 e. The van der Waals surface area contributed by atoms with Crippen LogP contribution in [0.2, 0.25) is 0 Å². The van der Waals surface area contributed by atoms with Crippen molar-refractivity contribution in [3.05, 3.63) is 35.8 Å². The van der Waals surface area contributed by atoms with E-state index in [1.807, 2.05) is 0 Å². The molecule has 3 heterocycles. The summed E-state index contributed by atoms with van der Waals surface area (Å²) < 4.78 is 28.2. The highest BCUT2D eigenvalue weighted by molar-refractivity contribution is 6.05. The van der Waals surface area contributed by atoms with Crippen LogP contribution in [0, 0.1) is 5.41 Å². The second kappa shape index (κ2) is 8.61. The maximum absolute atomic E-state index is 13.5. The largest absolute Gasteiger partial charge is 0.348 e. The van der Waals surface area contributed by atoms with Crippen LogP contribution in [0.4, 0.5) is 8.78 Å². The van der Waals surface area contributed by atoms with Gasteiger partial charge in [0.2, 0.25) is 0 Å². The summed E-state index contributed by atoms with van der Waals surface area (Å²) in [6.07, 6.45) is 0.559. The normalized spacial score (nSPS) is 16.2. The number of likely N-dealkylation sites (tertiary alicyclic amines) is 1. The second-order valence-electron chi connectivity index (χ2n) is 9.78. The van der Waals surface area contributed by atoms with E-state index >= 15 is 0 Å². The summed E-state index contributed by atoms with van der Waals surface area (Å²) in [7, 11) is 1.49. The zero-order chi connectivity index (χ0) is 23.0. The molecule has 7 nitrogen and oxygen atoms in total. The summed E-state index contributed by atoms with van der Waals surface area (Å²) in [5, 5.41) is 14.8. The van der Waals surface area contributed by atoms with E-state index in [1.165, 1.54) is 17.9 Å². The fourth-order valence-electron chi connectivity index (χ4n) is 4.44. The van der Waals surface area contributed by atoms with E-state index < -0.39 is 6.43 Å². The lowest BCUT2D eigenvalue weighted by Crippen LogP contribution is -2.46. The van der Waals surface area contributed by atoms with Crippen molar-refractivity contribution in [3.8, 4) is 11.1 Å². The number of piperidine rings is 1. The van der Waals surface area contributed by atoms with E-state index in [2.05, 4.69) is 46.3 Å². The van der Waals surface area contributed by atoms with Gasteiger partial charge in [-0.3, -0.25) is 14.6 Å². The third kappa shape index (κ3) is 4.67. The van der Waals surface area contributed by atoms with Gasteiger partial charge >= 0.3 is 0 Å². The van der Waals surface area contributed by atoms with Crippen molar-refractivity contribution in [1.29, 1.82) is 0 Å². The van der Waals surface area contributed by atoms with Gasteiger partial charge in [-0.1, -0.05) is 26.8 Å². The van der Waals surface area contributed by atoms with Crippen molar-refractivity contribution in [2.24, 2.45) is 12.5 Å². The van der Waals surface area contributed by atoms with Crippen molar-refractivity contribution in [2.45, 2.75) is 46.1 Å². The predicted molar refractivity (Wildman–Crippen MR) is 120 cm³/mol. The standard InChI is InChI=1S/C23H30F2N6O/c1-23(2,3)13-31-9-7-15(8-10-31)27-22(32)19-16-11-14(5-6-18(16)28-29-19)17-12-26-30(4)20(17)21(24)25/h5-6,11-12,15,21H,7-10,13H2,1-4H3,(H,27,32)(H,28,29). The van der Waals surface area contributed by atoms with Gasteiger partial charge in [0, 0.05) is 43.7 Å². The Morgan fingerprint density at radius 1 is 1.28 bits per heavy atom. The van der Waals surface area contributed by atoms with Crippen molar-refractivity contribution >= 4 is 16.8 Å². The number of halogens is 2. The Hall–Kier alpha value is -2.81. The summed E-state index contributed by atoms with van der Waals surface area (Å²) in [5.74, 6) is -0.247. The lowest BCUT2D eigenvalue weighted by Gasteiger charge is -2.36. The summed E-state index contributed by atoms with van der Waals surface area (Å²) in [6.45, 7) is 9.63. The maximum atomic E-state index is 13.5. The first-order chi connectivity index (χ1) is 15.1. The molecular weight excluding hydrogens is 414 g/mol. The molecule has 1 aliphatic rings. The highest BCUT2D eigenvalue weighted by Gasteiger charge is 2.26. The Labute approximate surface area is 186 Å². The molecule has 0 saturated carbocycles. The molecule has 3 aromatic rings. The highest BCUT2D eigenvalue weighted by atomic mass is 19.3. The number of rotatable bonds is 5. The van der Waals surface area contributed by atoms with E-state index in [4.69, 9.17) is 0 Å². The number of carbonyl (C=O) groups is 1. The number of aromatic amines is 1. The van der Waals surface area contributed by atoms with E-state index in [1.54, 1.807) is 18.2 Å². The van der Waals surface area contributed by atoms with Crippen LogP contribution in [0.25, 0.3) is 22.0 Å². The molecule has 1 aromatic carbocycles. The summed E-state index contributed by atoms with van der Waals surface area (Å²) >= 11 is 0. The zero-order valence-corrected chi connectivity index (χ0v) is 19.0. The monoisotopic (exact) mass is 444 g/mol. The maximum Gasteiger partial charge on any atom is 0.280 e. The van der Waals surface area contributed by atoms with Gasteiger partial charge in [0.25, 0.3) is 12.3 Å². The molecule has 1 amide bonds. The van der Waals surface area contributed by atoms with E-state index in [0.717, 1.165) is 32.5 Å². The average molecular weight is 445 g/mol. The van der Waals surface area contributed by atoms with Crippen LogP contribution >= 0.6 is 0 Å². The Morgan fingerprint density at radius 2 is 2.00 bits per heavy atom. The number of nitrogens with zero attached hydrogens (tertiary/aromatic N) is 4. The van der Waals surface area contributed by atoms with Crippen molar-refractivity contribution < 1.29 is 13.6 Å². The number of nitrogens with one attached hydrogen (secondary N) is 2. The number of carbonyl (C=O) groups excluding carboxylic acids is 1. The van der Waals surface area contributed by atoms with Crippen LogP contribution < -0.4 is 5.32 Å². The number of aromatic nitrogens is 4. The van der Waals surface area contributed by atoms with Gasteiger partial charge in [-0.05, 0) is 36.0 Å². The Bertz CT molecular complexity index is 1110. The Morgan fingerprint density at radius 3 is 2.66 bits per heavy atom. The molecule has 1 aliphatic heterocycles. The average Bonchev–Trinajstić information content (AvgIpc) is 3.31. The topological polar surface area (TPSA) is 78.8 Å². The van der Waals surface area contributed by atoms with Gasteiger partial charge < -0.3 is 10.2 Å². The quantitative estimate of drug-likeness (QED) is 0.620. The van der Waals surface area contributed by atoms with Gasteiger partial charge in [0.1, 0.15) is 5.69 Å². The SMILES string of the molecule is Cn1ncc(-c2ccc3[nH]nc(C(=O)NC4CCN(CC(C)(C)C)CC4)c3c2)c1C(F)F.